The van der Waals surface area contributed by atoms with Crippen LogP contribution in [-0.2, 0) is 4.79 Å². The molecule has 92 valence electrons. The summed E-state index contributed by atoms with van der Waals surface area (Å²) >= 11 is 0. The van der Waals surface area contributed by atoms with Crippen molar-refractivity contribution in [2.75, 3.05) is 6.54 Å². The molecule has 0 aromatic heterocycles. The molecule has 0 saturated carbocycles. The molecule has 0 aromatic rings. The molecule has 1 saturated heterocycles. The first kappa shape index (κ1) is 13.0. The van der Waals surface area contributed by atoms with E-state index < -0.39 is 6.09 Å². The highest BCUT2D eigenvalue weighted by Gasteiger charge is 2.32. The summed E-state index contributed by atoms with van der Waals surface area (Å²) in [7, 11) is 0. The van der Waals surface area contributed by atoms with Gasteiger partial charge in [0.25, 0.3) is 0 Å². The number of piperidine rings is 1. The van der Waals surface area contributed by atoms with E-state index in [9.17, 15) is 9.59 Å². The summed E-state index contributed by atoms with van der Waals surface area (Å²) in [6.07, 6.45) is 3.52. The van der Waals surface area contributed by atoms with Gasteiger partial charge in [0.1, 0.15) is 5.78 Å². The van der Waals surface area contributed by atoms with E-state index in [2.05, 4.69) is 6.92 Å². The van der Waals surface area contributed by atoms with Crippen LogP contribution in [0.15, 0.2) is 0 Å². The first-order chi connectivity index (χ1) is 7.56. The van der Waals surface area contributed by atoms with Gasteiger partial charge in [-0.3, -0.25) is 4.79 Å². The van der Waals surface area contributed by atoms with Crippen molar-refractivity contribution in [3.63, 3.8) is 0 Å². The number of hydrogen-bond donors (Lipinski definition) is 1. The first-order valence-electron chi connectivity index (χ1n) is 6.06. The van der Waals surface area contributed by atoms with Crippen LogP contribution in [0.5, 0.6) is 0 Å². The molecule has 2 unspecified atom stereocenters. The fourth-order valence-corrected chi connectivity index (χ4v) is 2.39. The lowest BCUT2D eigenvalue weighted by atomic mass is 9.86. The normalized spacial score (nSPS) is 25.5. The lowest BCUT2D eigenvalue weighted by Gasteiger charge is -2.37. The minimum absolute atomic E-state index is 0.0418. The van der Waals surface area contributed by atoms with Crippen molar-refractivity contribution in [2.24, 2.45) is 5.92 Å². The summed E-state index contributed by atoms with van der Waals surface area (Å²) in [5.41, 5.74) is 0. The molecule has 0 bridgehead atoms. The van der Waals surface area contributed by atoms with E-state index in [0.29, 0.717) is 19.4 Å². The van der Waals surface area contributed by atoms with Crippen molar-refractivity contribution in [1.29, 1.82) is 0 Å². The maximum Gasteiger partial charge on any atom is 0.407 e. The zero-order chi connectivity index (χ0) is 12.1. The summed E-state index contributed by atoms with van der Waals surface area (Å²) in [5.74, 6) is 0.268. The van der Waals surface area contributed by atoms with E-state index >= 15 is 0 Å². The Bertz CT molecular complexity index is 265. The summed E-state index contributed by atoms with van der Waals surface area (Å²) in [5, 5.41) is 9.07. The molecule has 4 nitrogen and oxygen atoms in total. The van der Waals surface area contributed by atoms with Gasteiger partial charge < -0.3 is 10.0 Å². The number of rotatable bonds is 4. The van der Waals surface area contributed by atoms with E-state index in [-0.39, 0.29) is 17.7 Å². The summed E-state index contributed by atoms with van der Waals surface area (Å²) in [6, 6.07) is 0.0418. The van der Waals surface area contributed by atoms with Gasteiger partial charge in [-0.25, -0.2) is 4.79 Å². The molecule has 1 heterocycles. The smallest absolute Gasteiger partial charge is 0.407 e. The quantitative estimate of drug-likeness (QED) is 0.802. The van der Waals surface area contributed by atoms with Crippen molar-refractivity contribution in [3.8, 4) is 0 Å². The lowest BCUT2D eigenvalue weighted by Crippen LogP contribution is -2.46. The average molecular weight is 227 g/mol. The Morgan fingerprint density at radius 2 is 2.12 bits per heavy atom. The Hall–Kier alpha value is -1.06. The summed E-state index contributed by atoms with van der Waals surface area (Å²) in [6.45, 7) is 4.21. The Morgan fingerprint density at radius 1 is 1.44 bits per heavy atom. The van der Waals surface area contributed by atoms with Gasteiger partial charge in [-0.2, -0.15) is 0 Å². The van der Waals surface area contributed by atoms with Gasteiger partial charge in [0.15, 0.2) is 0 Å². The average Bonchev–Trinajstić information content (AvgIpc) is 2.25. The highest BCUT2D eigenvalue weighted by Crippen LogP contribution is 2.26. The fraction of sp³-hybridized carbons (Fsp3) is 0.833. The van der Waals surface area contributed by atoms with Crippen molar-refractivity contribution >= 4 is 11.9 Å². The zero-order valence-electron chi connectivity index (χ0n) is 10.1. The molecule has 0 radical (unpaired) electrons. The number of nitrogens with zero attached hydrogens (tertiary/aromatic N) is 1. The number of carboxylic acid groups (broad SMARTS) is 1. The Labute approximate surface area is 96.6 Å². The number of hydrogen-bond acceptors (Lipinski definition) is 2. The van der Waals surface area contributed by atoms with Crippen LogP contribution in [0.2, 0.25) is 0 Å². The standard InChI is InChI=1S/C12H21NO3/c1-3-4-5-11-8-10(9(2)14)6-7-13(11)12(15)16/h10-11H,3-8H2,1-2H3,(H,15,16). The molecule has 1 amide bonds. The molecule has 1 aliphatic rings. The number of Topliss-reactive ketones (excluding diaryl/α,β-unsaturated/α-hetero) is 1. The van der Waals surface area contributed by atoms with Gasteiger partial charge >= 0.3 is 6.09 Å². The third-order valence-electron chi connectivity index (χ3n) is 3.43. The van der Waals surface area contributed by atoms with E-state index in [1.54, 1.807) is 6.92 Å². The van der Waals surface area contributed by atoms with E-state index in [4.69, 9.17) is 5.11 Å². The molecule has 1 fully saturated rings. The van der Waals surface area contributed by atoms with Crippen LogP contribution < -0.4 is 0 Å². The van der Waals surface area contributed by atoms with E-state index in [1.807, 2.05) is 0 Å². The molecule has 1 rings (SSSR count). The van der Waals surface area contributed by atoms with Crippen LogP contribution in [0.1, 0.15) is 46.0 Å². The van der Waals surface area contributed by atoms with Crippen LogP contribution in [0.25, 0.3) is 0 Å². The molecule has 0 aromatic carbocycles. The molecule has 1 N–H and O–H groups in total. The second kappa shape index (κ2) is 5.87. The lowest BCUT2D eigenvalue weighted by molar-refractivity contribution is -0.122. The zero-order valence-corrected chi connectivity index (χ0v) is 10.1. The van der Waals surface area contributed by atoms with E-state index in [0.717, 1.165) is 19.3 Å². The number of ketones is 1. The number of carbonyl (C=O) groups excluding carboxylic acids is 1. The monoisotopic (exact) mass is 227 g/mol. The van der Waals surface area contributed by atoms with Gasteiger partial charge in [0.2, 0.25) is 0 Å². The highest BCUT2D eigenvalue weighted by atomic mass is 16.4. The molecule has 0 spiro atoms. The van der Waals surface area contributed by atoms with Gasteiger partial charge in [-0.05, 0) is 26.2 Å². The van der Waals surface area contributed by atoms with Crippen molar-refractivity contribution in [2.45, 2.75) is 52.0 Å². The molecule has 16 heavy (non-hydrogen) atoms. The largest absolute Gasteiger partial charge is 0.465 e. The van der Waals surface area contributed by atoms with Crippen molar-refractivity contribution in [3.05, 3.63) is 0 Å². The van der Waals surface area contributed by atoms with Gasteiger partial charge in [0.05, 0.1) is 0 Å². The molecule has 2 atom stereocenters. The topological polar surface area (TPSA) is 57.6 Å². The SMILES string of the molecule is CCCCC1CC(C(C)=O)CCN1C(=O)O. The molecular formula is C12H21NO3. The van der Waals surface area contributed by atoms with Crippen LogP contribution in [-0.4, -0.2) is 34.5 Å². The molecule has 0 aliphatic carbocycles. The highest BCUT2D eigenvalue weighted by molar-refractivity contribution is 5.78. The predicted octanol–water partition coefficient (Wildman–Crippen LogP) is 2.52. The first-order valence-corrected chi connectivity index (χ1v) is 6.06. The van der Waals surface area contributed by atoms with Gasteiger partial charge in [-0.15, -0.1) is 0 Å². The second-order valence-electron chi connectivity index (χ2n) is 4.60. The Balaban J connectivity index is 2.61. The molecule has 4 heteroatoms. The summed E-state index contributed by atoms with van der Waals surface area (Å²) in [4.78, 5) is 23.9. The third-order valence-corrected chi connectivity index (χ3v) is 3.43. The molecular weight excluding hydrogens is 206 g/mol. The Kier molecular flexibility index (Phi) is 4.77. The minimum atomic E-state index is -0.844. The Morgan fingerprint density at radius 3 is 2.62 bits per heavy atom. The number of amides is 1. The van der Waals surface area contributed by atoms with Gasteiger partial charge in [0, 0.05) is 18.5 Å². The van der Waals surface area contributed by atoms with E-state index in [1.165, 1.54) is 4.90 Å². The maximum atomic E-state index is 11.3. The predicted molar refractivity (Wildman–Crippen MR) is 61.4 cm³/mol. The number of carbonyl (C=O) groups is 2. The minimum Gasteiger partial charge on any atom is -0.465 e. The maximum absolute atomic E-state index is 11.3. The van der Waals surface area contributed by atoms with Crippen molar-refractivity contribution in [1.82, 2.24) is 4.90 Å². The van der Waals surface area contributed by atoms with Crippen LogP contribution in [0.4, 0.5) is 4.79 Å². The number of likely N-dealkylation sites (tertiary alicyclic amines) is 1. The van der Waals surface area contributed by atoms with Crippen LogP contribution in [0, 0.1) is 5.92 Å². The number of unbranched alkanes of at least 4 members (excludes halogenated alkanes) is 1. The van der Waals surface area contributed by atoms with Crippen LogP contribution in [0.3, 0.4) is 0 Å². The fourth-order valence-electron chi connectivity index (χ4n) is 2.39. The third kappa shape index (κ3) is 3.22. The van der Waals surface area contributed by atoms with Gasteiger partial charge in [-0.1, -0.05) is 19.8 Å². The van der Waals surface area contributed by atoms with Crippen molar-refractivity contribution < 1.29 is 14.7 Å². The molecule has 1 aliphatic heterocycles. The second-order valence-corrected chi connectivity index (χ2v) is 4.60. The van der Waals surface area contributed by atoms with Crippen LogP contribution >= 0.6 is 0 Å². The summed E-state index contributed by atoms with van der Waals surface area (Å²) < 4.78 is 0.